The minimum Gasteiger partial charge on any atom is -0.340 e. The minimum absolute atomic E-state index is 0.326. The summed E-state index contributed by atoms with van der Waals surface area (Å²) in [4.78, 5) is 6.61. The van der Waals surface area contributed by atoms with Crippen LogP contribution in [0.2, 0.25) is 0 Å². The van der Waals surface area contributed by atoms with Crippen LogP contribution in [0.5, 0.6) is 0 Å². The molecule has 1 aliphatic rings. The van der Waals surface area contributed by atoms with Crippen LogP contribution < -0.4 is 10.6 Å². The SMILES string of the molecule is Cc1nnc(Cn2c(N3CCC(F)[C@H](N)C3)nc3ccc(F)cc32)s1. The summed E-state index contributed by atoms with van der Waals surface area (Å²) >= 11 is 1.49. The number of nitrogens with two attached hydrogens (primary N) is 1. The predicted molar refractivity (Wildman–Crippen MR) is 93.1 cm³/mol. The molecule has 25 heavy (non-hydrogen) atoms. The maximum absolute atomic E-state index is 13.8. The maximum atomic E-state index is 13.8. The zero-order valence-corrected chi connectivity index (χ0v) is 14.5. The first-order valence-electron chi connectivity index (χ1n) is 8.10. The van der Waals surface area contributed by atoms with Crippen molar-refractivity contribution < 1.29 is 8.78 Å². The molecule has 9 heteroatoms. The molecule has 4 rings (SSSR count). The fourth-order valence-corrected chi connectivity index (χ4v) is 3.85. The summed E-state index contributed by atoms with van der Waals surface area (Å²) in [6.07, 6.45) is -0.645. The van der Waals surface area contributed by atoms with Crippen molar-refractivity contribution in [3.05, 3.63) is 34.0 Å². The third-order valence-corrected chi connectivity index (χ3v) is 5.23. The molecule has 3 heterocycles. The first kappa shape index (κ1) is 16.3. The molecular weight excluding hydrogens is 346 g/mol. The van der Waals surface area contributed by atoms with Gasteiger partial charge in [-0.25, -0.2) is 13.8 Å². The van der Waals surface area contributed by atoms with E-state index in [1.54, 1.807) is 6.07 Å². The molecule has 1 aromatic carbocycles. The van der Waals surface area contributed by atoms with E-state index in [4.69, 9.17) is 5.73 Å². The Bertz CT molecular complexity index is 907. The molecule has 0 amide bonds. The molecule has 1 fully saturated rings. The van der Waals surface area contributed by atoms with E-state index in [1.165, 1.54) is 23.5 Å². The molecule has 1 saturated heterocycles. The zero-order chi connectivity index (χ0) is 17.6. The second-order valence-electron chi connectivity index (χ2n) is 6.26. The van der Waals surface area contributed by atoms with Crippen molar-refractivity contribution in [1.29, 1.82) is 0 Å². The van der Waals surface area contributed by atoms with Crippen LogP contribution in [0.3, 0.4) is 0 Å². The van der Waals surface area contributed by atoms with E-state index in [0.717, 1.165) is 10.0 Å². The first-order valence-corrected chi connectivity index (χ1v) is 8.92. The number of nitrogens with zero attached hydrogens (tertiary/aromatic N) is 5. The van der Waals surface area contributed by atoms with Crippen molar-refractivity contribution >= 4 is 28.3 Å². The van der Waals surface area contributed by atoms with Gasteiger partial charge in [-0.2, -0.15) is 0 Å². The number of rotatable bonds is 3. The van der Waals surface area contributed by atoms with Crippen LogP contribution in [0.25, 0.3) is 11.0 Å². The van der Waals surface area contributed by atoms with Gasteiger partial charge in [-0.15, -0.1) is 10.2 Å². The monoisotopic (exact) mass is 364 g/mol. The van der Waals surface area contributed by atoms with Gasteiger partial charge in [0.25, 0.3) is 0 Å². The van der Waals surface area contributed by atoms with E-state index in [-0.39, 0.29) is 5.82 Å². The fraction of sp³-hybridized carbons (Fsp3) is 0.438. The highest BCUT2D eigenvalue weighted by Gasteiger charge is 2.29. The van der Waals surface area contributed by atoms with Gasteiger partial charge in [0.2, 0.25) is 5.95 Å². The molecular formula is C16H18F2N6S. The molecule has 2 aromatic heterocycles. The smallest absolute Gasteiger partial charge is 0.207 e. The number of benzene rings is 1. The van der Waals surface area contributed by atoms with Gasteiger partial charge in [0.15, 0.2) is 0 Å². The number of alkyl halides is 1. The van der Waals surface area contributed by atoms with Gasteiger partial charge in [0.1, 0.15) is 22.0 Å². The van der Waals surface area contributed by atoms with E-state index in [1.807, 2.05) is 16.4 Å². The highest BCUT2D eigenvalue weighted by molar-refractivity contribution is 7.11. The topological polar surface area (TPSA) is 72.9 Å². The van der Waals surface area contributed by atoms with E-state index in [9.17, 15) is 8.78 Å². The van der Waals surface area contributed by atoms with E-state index >= 15 is 0 Å². The predicted octanol–water partition coefficient (Wildman–Crippen LogP) is 2.26. The van der Waals surface area contributed by atoms with Crippen molar-refractivity contribution in [3.63, 3.8) is 0 Å². The Balaban J connectivity index is 1.78. The van der Waals surface area contributed by atoms with Crippen LogP contribution in [0.15, 0.2) is 18.2 Å². The Hall–Kier alpha value is -2.13. The largest absolute Gasteiger partial charge is 0.340 e. The number of hydrogen-bond acceptors (Lipinski definition) is 6. The van der Waals surface area contributed by atoms with Gasteiger partial charge in [-0.1, -0.05) is 11.3 Å². The normalized spacial score (nSPS) is 21.2. The Morgan fingerprint density at radius 2 is 2.20 bits per heavy atom. The molecule has 0 radical (unpaired) electrons. The van der Waals surface area contributed by atoms with Crippen molar-refractivity contribution in [1.82, 2.24) is 19.7 Å². The molecule has 0 aliphatic carbocycles. The summed E-state index contributed by atoms with van der Waals surface area (Å²) < 4.78 is 29.4. The van der Waals surface area contributed by atoms with Crippen LogP contribution >= 0.6 is 11.3 Å². The third kappa shape index (κ3) is 3.09. The van der Waals surface area contributed by atoms with Crippen molar-refractivity contribution in [2.45, 2.75) is 32.1 Å². The number of halogens is 2. The lowest BCUT2D eigenvalue weighted by Crippen LogP contribution is -2.50. The molecule has 3 aromatic rings. The average Bonchev–Trinajstić information content (AvgIpc) is 3.14. The van der Waals surface area contributed by atoms with Gasteiger partial charge in [0, 0.05) is 13.1 Å². The summed E-state index contributed by atoms with van der Waals surface area (Å²) in [5.74, 6) is 0.337. The molecule has 0 bridgehead atoms. The number of fused-ring (bicyclic) bond motifs is 1. The number of anilines is 1. The second-order valence-corrected chi connectivity index (χ2v) is 7.53. The van der Waals surface area contributed by atoms with E-state index in [2.05, 4.69) is 15.2 Å². The van der Waals surface area contributed by atoms with E-state index in [0.29, 0.717) is 43.0 Å². The minimum atomic E-state index is -1.00. The van der Waals surface area contributed by atoms with Crippen LogP contribution in [0, 0.1) is 12.7 Å². The Labute approximate surface area is 147 Å². The van der Waals surface area contributed by atoms with Crippen molar-refractivity contribution in [2.24, 2.45) is 5.73 Å². The van der Waals surface area contributed by atoms with Crippen LogP contribution in [0.1, 0.15) is 16.4 Å². The lowest BCUT2D eigenvalue weighted by atomic mass is 10.1. The zero-order valence-electron chi connectivity index (χ0n) is 13.7. The highest BCUT2D eigenvalue weighted by Crippen LogP contribution is 2.28. The quantitative estimate of drug-likeness (QED) is 0.772. The molecule has 0 spiro atoms. The second kappa shape index (κ2) is 6.30. The van der Waals surface area contributed by atoms with Crippen molar-refractivity contribution in [3.8, 4) is 0 Å². The molecule has 1 unspecified atom stereocenters. The van der Waals surface area contributed by atoms with Crippen LogP contribution in [-0.2, 0) is 6.54 Å². The number of aryl methyl sites for hydroxylation is 1. The molecule has 2 N–H and O–H groups in total. The molecule has 0 saturated carbocycles. The van der Waals surface area contributed by atoms with Gasteiger partial charge in [-0.3, -0.25) is 0 Å². The van der Waals surface area contributed by atoms with Crippen LogP contribution in [0.4, 0.5) is 14.7 Å². The van der Waals surface area contributed by atoms with Gasteiger partial charge in [-0.05, 0) is 31.5 Å². The lowest BCUT2D eigenvalue weighted by molar-refractivity contribution is 0.243. The standard InChI is InChI=1S/C16H18F2N6S/c1-9-21-22-15(25-9)8-24-14-6-10(17)2-3-13(14)20-16(24)23-5-4-11(18)12(19)7-23/h2-3,6,11-12H,4-5,7-8,19H2,1H3/t11?,12-/m1/s1. The lowest BCUT2D eigenvalue weighted by Gasteiger charge is -2.34. The van der Waals surface area contributed by atoms with Gasteiger partial charge < -0.3 is 15.2 Å². The Kier molecular flexibility index (Phi) is 4.12. The third-order valence-electron chi connectivity index (χ3n) is 4.40. The highest BCUT2D eigenvalue weighted by atomic mass is 32.1. The fourth-order valence-electron chi connectivity index (χ4n) is 3.15. The Morgan fingerprint density at radius 1 is 1.36 bits per heavy atom. The average molecular weight is 364 g/mol. The number of hydrogen-bond donors (Lipinski definition) is 1. The number of piperidine rings is 1. The Morgan fingerprint density at radius 3 is 2.92 bits per heavy atom. The number of imidazole rings is 1. The summed E-state index contributed by atoms with van der Waals surface area (Å²) in [6.45, 7) is 3.22. The molecule has 2 atom stereocenters. The van der Waals surface area contributed by atoms with E-state index < -0.39 is 12.2 Å². The summed E-state index contributed by atoms with van der Waals surface area (Å²) in [6, 6.07) is 3.94. The first-order chi connectivity index (χ1) is 12.0. The summed E-state index contributed by atoms with van der Waals surface area (Å²) in [5.41, 5.74) is 7.26. The van der Waals surface area contributed by atoms with Gasteiger partial charge >= 0.3 is 0 Å². The van der Waals surface area contributed by atoms with Gasteiger partial charge in [0.05, 0.1) is 23.6 Å². The summed E-state index contributed by atoms with van der Waals surface area (Å²) in [7, 11) is 0. The number of aromatic nitrogens is 4. The van der Waals surface area contributed by atoms with Crippen molar-refractivity contribution in [2.75, 3.05) is 18.0 Å². The maximum Gasteiger partial charge on any atom is 0.207 e. The molecule has 132 valence electrons. The molecule has 6 nitrogen and oxygen atoms in total. The van der Waals surface area contributed by atoms with Crippen LogP contribution in [-0.4, -0.2) is 45.1 Å². The summed E-state index contributed by atoms with van der Waals surface area (Å²) in [5, 5.41) is 9.87. The molecule has 1 aliphatic heterocycles.